The summed E-state index contributed by atoms with van der Waals surface area (Å²) >= 11 is 1.64. The molecular formula is C21H22F3N3O2S. The van der Waals surface area contributed by atoms with Crippen LogP contribution < -0.4 is 4.90 Å². The van der Waals surface area contributed by atoms with Crippen LogP contribution in [-0.2, 0) is 9.47 Å². The molecule has 1 saturated heterocycles. The molecule has 0 N–H and O–H groups in total. The summed E-state index contributed by atoms with van der Waals surface area (Å²) in [5.41, 5.74) is 0.932. The SMILES string of the molecule is CC1(OCC(F)(F)F)C=CC(c2cc(-c3cccnc3)c(N3CCOCC3)s2)N=C1. The average molecular weight is 437 g/mol. The molecule has 9 heteroatoms. The van der Waals surface area contributed by atoms with E-state index in [1.807, 2.05) is 18.3 Å². The highest BCUT2D eigenvalue weighted by Gasteiger charge is 2.34. The van der Waals surface area contributed by atoms with Gasteiger partial charge in [-0.1, -0.05) is 12.1 Å². The number of rotatable bonds is 5. The van der Waals surface area contributed by atoms with Gasteiger partial charge in [0.2, 0.25) is 0 Å². The normalized spacial score (nSPS) is 24.4. The molecule has 0 aliphatic carbocycles. The van der Waals surface area contributed by atoms with Crippen molar-refractivity contribution < 1.29 is 22.6 Å². The van der Waals surface area contributed by atoms with Crippen LogP contribution in [0.2, 0.25) is 0 Å². The number of aromatic nitrogens is 1. The highest BCUT2D eigenvalue weighted by molar-refractivity contribution is 7.16. The Morgan fingerprint density at radius 1 is 1.33 bits per heavy atom. The largest absolute Gasteiger partial charge is 0.411 e. The highest BCUT2D eigenvalue weighted by atomic mass is 32.1. The number of morpholine rings is 1. The quantitative estimate of drug-likeness (QED) is 0.638. The zero-order valence-electron chi connectivity index (χ0n) is 16.4. The van der Waals surface area contributed by atoms with Gasteiger partial charge in [-0.05, 0) is 25.1 Å². The lowest BCUT2D eigenvalue weighted by Gasteiger charge is -2.28. The first kappa shape index (κ1) is 21.0. The molecule has 160 valence electrons. The van der Waals surface area contributed by atoms with E-state index in [0.717, 1.165) is 34.1 Å². The van der Waals surface area contributed by atoms with Crippen molar-refractivity contribution in [3.8, 4) is 11.1 Å². The molecule has 2 aliphatic heterocycles. The number of hydrogen-bond donors (Lipinski definition) is 0. The van der Waals surface area contributed by atoms with Crippen LogP contribution in [0.4, 0.5) is 18.2 Å². The Balaban J connectivity index is 1.59. The van der Waals surface area contributed by atoms with E-state index in [-0.39, 0.29) is 6.04 Å². The first-order chi connectivity index (χ1) is 14.3. The second-order valence-electron chi connectivity index (χ2n) is 7.38. The van der Waals surface area contributed by atoms with Gasteiger partial charge in [-0.25, -0.2) is 0 Å². The van der Waals surface area contributed by atoms with Crippen LogP contribution in [0, 0.1) is 0 Å². The van der Waals surface area contributed by atoms with Gasteiger partial charge in [-0.3, -0.25) is 9.98 Å². The minimum atomic E-state index is -4.37. The van der Waals surface area contributed by atoms with E-state index in [4.69, 9.17) is 9.47 Å². The number of dihydropyridines is 1. The molecule has 5 nitrogen and oxygen atoms in total. The Morgan fingerprint density at radius 2 is 2.13 bits per heavy atom. The summed E-state index contributed by atoms with van der Waals surface area (Å²) in [6, 6.07) is 5.75. The zero-order chi connectivity index (χ0) is 21.2. The Bertz CT molecular complexity index is 907. The molecular weight excluding hydrogens is 415 g/mol. The van der Waals surface area contributed by atoms with E-state index >= 15 is 0 Å². The molecule has 4 rings (SSSR count). The molecule has 4 heterocycles. The number of thiophene rings is 1. The van der Waals surface area contributed by atoms with Crippen LogP contribution in [0.5, 0.6) is 0 Å². The maximum Gasteiger partial charge on any atom is 0.411 e. The lowest BCUT2D eigenvalue weighted by atomic mass is 10.0. The number of hydrogen-bond acceptors (Lipinski definition) is 6. The van der Waals surface area contributed by atoms with Crippen molar-refractivity contribution in [2.75, 3.05) is 37.8 Å². The minimum Gasteiger partial charge on any atom is -0.378 e. The van der Waals surface area contributed by atoms with E-state index in [1.165, 1.54) is 6.21 Å². The van der Waals surface area contributed by atoms with Crippen molar-refractivity contribution in [3.05, 3.63) is 47.6 Å². The van der Waals surface area contributed by atoms with Gasteiger partial charge >= 0.3 is 6.18 Å². The molecule has 0 amide bonds. The summed E-state index contributed by atoms with van der Waals surface area (Å²) in [6.07, 6.45) is 4.10. The molecule has 2 unspecified atom stereocenters. The minimum absolute atomic E-state index is 0.261. The third-order valence-corrected chi connectivity index (χ3v) is 6.21. The Kier molecular flexibility index (Phi) is 5.95. The molecule has 0 saturated carbocycles. The van der Waals surface area contributed by atoms with Crippen molar-refractivity contribution in [3.63, 3.8) is 0 Å². The fraction of sp³-hybridized carbons (Fsp3) is 0.429. The van der Waals surface area contributed by atoms with Gasteiger partial charge in [0.15, 0.2) is 0 Å². The van der Waals surface area contributed by atoms with Crippen LogP contribution in [0.25, 0.3) is 11.1 Å². The number of pyridine rings is 1. The van der Waals surface area contributed by atoms with Crippen molar-refractivity contribution in [2.45, 2.75) is 24.7 Å². The lowest BCUT2D eigenvalue weighted by molar-refractivity contribution is -0.185. The molecule has 2 atom stereocenters. The Hall–Kier alpha value is -2.23. The number of halogens is 3. The van der Waals surface area contributed by atoms with Gasteiger partial charge in [0.25, 0.3) is 0 Å². The Labute approximate surface area is 176 Å². The predicted octanol–water partition coefficient (Wildman–Crippen LogP) is 4.67. The molecule has 2 aromatic heterocycles. The summed E-state index contributed by atoms with van der Waals surface area (Å²) in [5.74, 6) is 0. The van der Waals surface area contributed by atoms with Crippen molar-refractivity contribution in [1.29, 1.82) is 0 Å². The molecule has 0 bridgehead atoms. The first-order valence-corrected chi connectivity index (χ1v) is 10.5. The molecule has 0 aromatic carbocycles. The van der Waals surface area contributed by atoms with Crippen molar-refractivity contribution in [1.82, 2.24) is 4.98 Å². The van der Waals surface area contributed by atoms with Gasteiger partial charge < -0.3 is 14.4 Å². The summed E-state index contributed by atoms with van der Waals surface area (Å²) in [6.45, 7) is 3.23. The van der Waals surface area contributed by atoms with Gasteiger partial charge in [0, 0.05) is 47.7 Å². The van der Waals surface area contributed by atoms with Gasteiger partial charge in [0.05, 0.1) is 18.2 Å². The van der Waals surface area contributed by atoms with Gasteiger partial charge in [-0.15, -0.1) is 11.3 Å². The van der Waals surface area contributed by atoms with Crippen LogP contribution in [-0.4, -0.2) is 55.9 Å². The number of ether oxygens (including phenoxy) is 2. The second kappa shape index (κ2) is 8.49. The summed E-state index contributed by atoms with van der Waals surface area (Å²) in [4.78, 5) is 12.0. The molecule has 2 aromatic rings. The van der Waals surface area contributed by atoms with Crippen LogP contribution in [0.3, 0.4) is 0 Å². The number of anilines is 1. The summed E-state index contributed by atoms with van der Waals surface area (Å²) < 4.78 is 48.0. The predicted molar refractivity (Wildman–Crippen MR) is 111 cm³/mol. The highest BCUT2D eigenvalue weighted by Crippen LogP contribution is 2.43. The number of alkyl halides is 3. The topological polar surface area (TPSA) is 47.0 Å². The van der Waals surface area contributed by atoms with E-state index in [0.29, 0.717) is 13.2 Å². The maximum atomic E-state index is 12.5. The van der Waals surface area contributed by atoms with E-state index in [2.05, 4.69) is 20.9 Å². The smallest absolute Gasteiger partial charge is 0.378 e. The average Bonchev–Trinajstić information content (AvgIpc) is 3.19. The Morgan fingerprint density at radius 3 is 2.77 bits per heavy atom. The van der Waals surface area contributed by atoms with Crippen LogP contribution in [0.1, 0.15) is 17.8 Å². The summed E-state index contributed by atoms with van der Waals surface area (Å²) in [7, 11) is 0. The maximum absolute atomic E-state index is 12.5. The number of nitrogens with zero attached hydrogens (tertiary/aromatic N) is 3. The van der Waals surface area contributed by atoms with Crippen LogP contribution in [0.15, 0.2) is 47.7 Å². The van der Waals surface area contributed by atoms with Gasteiger partial charge in [0.1, 0.15) is 18.2 Å². The third-order valence-electron chi connectivity index (χ3n) is 4.94. The van der Waals surface area contributed by atoms with Crippen molar-refractivity contribution >= 4 is 22.6 Å². The molecule has 30 heavy (non-hydrogen) atoms. The molecule has 0 spiro atoms. The van der Waals surface area contributed by atoms with Crippen molar-refractivity contribution in [2.24, 2.45) is 4.99 Å². The monoisotopic (exact) mass is 437 g/mol. The molecule has 0 radical (unpaired) electrons. The molecule has 1 fully saturated rings. The zero-order valence-corrected chi connectivity index (χ0v) is 17.2. The van der Waals surface area contributed by atoms with E-state index < -0.39 is 18.4 Å². The van der Waals surface area contributed by atoms with E-state index in [9.17, 15) is 13.2 Å². The standard InChI is InChI=1S/C21H22F3N3O2S/c1-20(29-14-21(22,23)24)5-4-17(26-13-20)18-11-16(15-3-2-6-25-12-15)19(30-18)27-7-9-28-10-8-27/h2-6,11-13,17H,7-10,14H2,1H3. The number of aliphatic imine (C=N–C) groups is 1. The fourth-order valence-corrected chi connectivity index (χ4v) is 4.63. The summed E-state index contributed by atoms with van der Waals surface area (Å²) in [5, 5.41) is 1.13. The van der Waals surface area contributed by atoms with E-state index in [1.54, 1.807) is 36.6 Å². The van der Waals surface area contributed by atoms with Crippen LogP contribution >= 0.6 is 11.3 Å². The first-order valence-electron chi connectivity index (χ1n) is 9.64. The fourth-order valence-electron chi connectivity index (χ4n) is 3.37. The third kappa shape index (κ3) is 4.91. The van der Waals surface area contributed by atoms with Gasteiger partial charge in [-0.2, -0.15) is 13.2 Å². The molecule has 2 aliphatic rings. The second-order valence-corrected chi connectivity index (χ2v) is 8.44. The lowest BCUT2D eigenvalue weighted by Crippen LogP contribution is -2.35.